The molecule has 0 saturated heterocycles. The molecule has 1 atom stereocenters. The zero-order valence-electron chi connectivity index (χ0n) is 21.3. The molecule has 2 heterocycles. The van der Waals surface area contributed by atoms with Gasteiger partial charge in [0, 0.05) is 24.2 Å². The molecule has 1 aromatic heterocycles. The molecule has 6 heteroatoms. The van der Waals surface area contributed by atoms with Crippen LogP contribution in [-0.4, -0.2) is 34.4 Å². The van der Waals surface area contributed by atoms with E-state index in [0.717, 1.165) is 61.2 Å². The van der Waals surface area contributed by atoms with Crippen molar-refractivity contribution in [3.63, 3.8) is 0 Å². The second-order valence-electron chi connectivity index (χ2n) is 9.49. The summed E-state index contributed by atoms with van der Waals surface area (Å²) in [5.74, 6) is -0.00234. The van der Waals surface area contributed by atoms with E-state index in [1.54, 1.807) is 4.90 Å². The summed E-state index contributed by atoms with van der Waals surface area (Å²) in [6.07, 6.45) is 8.57. The SMILES string of the molecule is CCCCCCC(=O)N(CCCC)CC(=O)N1c2ccccc2-n2cccc2C1c1ccc(Cl)cc1. The average molecular weight is 506 g/mol. The molecule has 2 amide bonds. The zero-order chi connectivity index (χ0) is 25.5. The first-order valence-corrected chi connectivity index (χ1v) is 13.5. The van der Waals surface area contributed by atoms with Crippen LogP contribution in [0.4, 0.5) is 5.69 Å². The highest BCUT2D eigenvalue weighted by atomic mass is 35.5. The number of anilines is 1. The fourth-order valence-electron chi connectivity index (χ4n) is 4.96. The van der Waals surface area contributed by atoms with Crippen molar-refractivity contribution in [1.82, 2.24) is 9.47 Å². The molecule has 5 nitrogen and oxygen atoms in total. The van der Waals surface area contributed by atoms with Crippen LogP contribution in [-0.2, 0) is 9.59 Å². The summed E-state index contributed by atoms with van der Waals surface area (Å²) in [5, 5.41) is 0.655. The lowest BCUT2D eigenvalue weighted by Gasteiger charge is -2.39. The lowest BCUT2D eigenvalue weighted by molar-refractivity contribution is -0.135. The number of unbranched alkanes of at least 4 members (excludes halogenated alkanes) is 4. The summed E-state index contributed by atoms with van der Waals surface area (Å²) >= 11 is 6.19. The van der Waals surface area contributed by atoms with E-state index in [0.29, 0.717) is 18.0 Å². The Bertz CT molecular complexity index is 1170. The van der Waals surface area contributed by atoms with Crippen molar-refractivity contribution in [2.24, 2.45) is 0 Å². The summed E-state index contributed by atoms with van der Waals surface area (Å²) < 4.78 is 2.14. The normalized spacial score (nSPS) is 14.3. The van der Waals surface area contributed by atoms with E-state index in [9.17, 15) is 9.59 Å². The number of halogens is 1. The van der Waals surface area contributed by atoms with E-state index >= 15 is 0 Å². The maximum atomic E-state index is 14.1. The number of carbonyl (C=O) groups excluding carboxylic acids is 2. The van der Waals surface area contributed by atoms with Crippen molar-refractivity contribution in [2.75, 3.05) is 18.0 Å². The molecular formula is C30H36ClN3O2. The number of fused-ring (bicyclic) bond motifs is 3. The Labute approximate surface area is 219 Å². The van der Waals surface area contributed by atoms with Gasteiger partial charge in [0.2, 0.25) is 11.8 Å². The molecule has 2 aromatic carbocycles. The number of carbonyl (C=O) groups is 2. The van der Waals surface area contributed by atoms with Crippen LogP contribution in [0.3, 0.4) is 0 Å². The lowest BCUT2D eigenvalue weighted by atomic mass is 9.97. The summed E-state index contributed by atoms with van der Waals surface area (Å²) in [6.45, 7) is 4.95. The van der Waals surface area contributed by atoms with Crippen LogP contribution in [0.15, 0.2) is 66.9 Å². The van der Waals surface area contributed by atoms with Crippen molar-refractivity contribution in [3.05, 3.63) is 83.1 Å². The third-order valence-corrected chi connectivity index (χ3v) is 7.13. The topological polar surface area (TPSA) is 45.6 Å². The van der Waals surface area contributed by atoms with Gasteiger partial charge in [0.15, 0.2) is 0 Å². The van der Waals surface area contributed by atoms with Crippen molar-refractivity contribution in [2.45, 2.75) is 64.8 Å². The minimum atomic E-state index is -0.313. The molecule has 0 bridgehead atoms. The number of hydrogen-bond donors (Lipinski definition) is 0. The highest BCUT2D eigenvalue weighted by Crippen LogP contribution is 2.42. The van der Waals surface area contributed by atoms with Crippen molar-refractivity contribution in [3.8, 4) is 5.69 Å². The molecule has 1 aliphatic heterocycles. The number of benzene rings is 2. The predicted octanol–water partition coefficient (Wildman–Crippen LogP) is 7.17. The fourth-order valence-corrected chi connectivity index (χ4v) is 5.09. The molecule has 0 saturated carbocycles. The zero-order valence-corrected chi connectivity index (χ0v) is 22.1. The van der Waals surface area contributed by atoms with Crippen LogP contribution in [0.2, 0.25) is 5.02 Å². The highest BCUT2D eigenvalue weighted by Gasteiger charge is 2.36. The third kappa shape index (κ3) is 5.67. The minimum Gasteiger partial charge on any atom is -0.333 e. The first-order chi connectivity index (χ1) is 17.5. The van der Waals surface area contributed by atoms with Crippen LogP contribution in [0.25, 0.3) is 5.69 Å². The van der Waals surface area contributed by atoms with Gasteiger partial charge in [-0.2, -0.15) is 0 Å². The van der Waals surface area contributed by atoms with Gasteiger partial charge < -0.3 is 9.47 Å². The Hall–Kier alpha value is -3.05. The number of rotatable bonds is 11. The summed E-state index contributed by atoms with van der Waals surface area (Å²) in [5.41, 5.74) is 3.79. The molecule has 36 heavy (non-hydrogen) atoms. The Morgan fingerprint density at radius 2 is 1.58 bits per heavy atom. The molecule has 0 N–H and O–H groups in total. The Morgan fingerprint density at radius 3 is 2.31 bits per heavy atom. The van der Waals surface area contributed by atoms with E-state index < -0.39 is 0 Å². The van der Waals surface area contributed by atoms with Gasteiger partial charge in [0.1, 0.15) is 12.6 Å². The van der Waals surface area contributed by atoms with Crippen LogP contribution < -0.4 is 4.90 Å². The number of nitrogens with zero attached hydrogens (tertiary/aromatic N) is 3. The molecule has 4 rings (SSSR count). The van der Waals surface area contributed by atoms with Gasteiger partial charge in [-0.15, -0.1) is 0 Å². The number of amides is 2. The molecule has 0 fully saturated rings. The third-order valence-electron chi connectivity index (χ3n) is 6.88. The van der Waals surface area contributed by atoms with Crippen LogP contribution in [0, 0.1) is 0 Å². The van der Waals surface area contributed by atoms with Gasteiger partial charge in [-0.25, -0.2) is 0 Å². The van der Waals surface area contributed by atoms with Crippen molar-refractivity contribution in [1.29, 1.82) is 0 Å². The molecule has 1 aliphatic rings. The molecular weight excluding hydrogens is 470 g/mol. The van der Waals surface area contributed by atoms with Crippen LogP contribution >= 0.6 is 11.6 Å². The molecule has 1 unspecified atom stereocenters. The molecule has 0 spiro atoms. The van der Waals surface area contributed by atoms with Gasteiger partial charge >= 0.3 is 0 Å². The van der Waals surface area contributed by atoms with Gasteiger partial charge in [0.05, 0.1) is 17.1 Å². The van der Waals surface area contributed by atoms with Gasteiger partial charge in [-0.1, -0.05) is 75.4 Å². The highest BCUT2D eigenvalue weighted by molar-refractivity contribution is 6.30. The molecule has 0 radical (unpaired) electrons. The van der Waals surface area contributed by atoms with E-state index in [4.69, 9.17) is 11.6 Å². The Morgan fingerprint density at radius 1 is 0.861 bits per heavy atom. The van der Waals surface area contributed by atoms with E-state index in [1.165, 1.54) is 0 Å². The first kappa shape index (κ1) is 26.0. The van der Waals surface area contributed by atoms with Crippen molar-refractivity contribution >= 4 is 29.1 Å². The summed E-state index contributed by atoms with van der Waals surface area (Å²) in [4.78, 5) is 30.9. The first-order valence-electron chi connectivity index (χ1n) is 13.2. The summed E-state index contributed by atoms with van der Waals surface area (Å²) in [7, 11) is 0. The molecule has 190 valence electrons. The summed E-state index contributed by atoms with van der Waals surface area (Å²) in [6, 6.07) is 19.4. The lowest BCUT2D eigenvalue weighted by Crippen LogP contribution is -2.47. The average Bonchev–Trinajstić information content (AvgIpc) is 3.38. The second kappa shape index (κ2) is 12.3. The van der Waals surface area contributed by atoms with Gasteiger partial charge in [-0.05, 0) is 54.8 Å². The van der Waals surface area contributed by atoms with E-state index in [-0.39, 0.29) is 24.4 Å². The Kier molecular flexibility index (Phi) is 8.87. The number of aromatic nitrogens is 1. The smallest absolute Gasteiger partial charge is 0.247 e. The molecule has 3 aromatic rings. The quantitative estimate of drug-likeness (QED) is 0.259. The van der Waals surface area contributed by atoms with Crippen molar-refractivity contribution < 1.29 is 9.59 Å². The van der Waals surface area contributed by atoms with Gasteiger partial charge in [0.25, 0.3) is 0 Å². The number of para-hydroxylation sites is 2. The Balaban J connectivity index is 1.67. The van der Waals surface area contributed by atoms with Crippen LogP contribution in [0.5, 0.6) is 0 Å². The maximum absolute atomic E-state index is 14.1. The van der Waals surface area contributed by atoms with E-state index in [2.05, 4.69) is 24.5 Å². The maximum Gasteiger partial charge on any atom is 0.247 e. The van der Waals surface area contributed by atoms with Crippen LogP contribution in [0.1, 0.15) is 76.1 Å². The van der Waals surface area contributed by atoms with Gasteiger partial charge in [-0.3, -0.25) is 14.5 Å². The van der Waals surface area contributed by atoms with E-state index in [1.807, 2.05) is 65.7 Å². The minimum absolute atomic E-state index is 0.0737. The molecule has 0 aliphatic carbocycles. The standard InChI is InChI=1S/C30H36ClN3O2/c1-3-5-7-8-15-28(35)32(20-6-4-2)22-29(36)34-26-13-10-9-12-25(26)33-21-11-14-27(33)30(34)23-16-18-24(31)19-17-23/h9-14,16-19,21,30H,3-8,15,20,22H2,1-2H3. The predicted molar refractivity (Wildman–Crippen MR) is 147 cm³/mol. The monoisotopic (exact) mass is 505 g/mol. The number of hydrogen-bond acceptors (Lipinski definition) is 2. The largest absolute Gasteiger partial charge is 0.333 e. The fraction of sp³-hybridized carbons (Fsp3) is 0.400. The second-order valence-corrected chi connectivity index (χ2v) is 9.93.